The first-order valence-corrected chi connectivity index (χ1v) is 11.9. The Balaban J connectivity index is 1.65. The number of carbonyl (C=O) groups excluding carboxylic acids is 1. The molecule has 0 saturated heterocycles. The molecule has 168 valence electrons. The Kier molecular flexibility index (Phi) is 7.27. The Morgan fingerprint density at radius 1 is 1.16 bits per heavy atom. The summed E-state index contributed by atoms with van der Waals surface area (Å²) in [7, 11) is -2.09. The molecule has 0 spiro atoms. The van der Waals surface area contributed by atoms with Crippen LogP contribution in [0.4, 0.5) is 5.69 Å². The standard InChI is InChI=1S/C22H28N2O6S/c1-16(22(25)23-12-6-8-17-7-4-5-9-19(17)28-2)24(31(3,26)27)18-10-11-20-21(15-18)30-14-13-29-20/h4-5,7,9-11,15-16H,6,8,12-14H2,1-3H3,(H,23,25). The minimum Gasteiger partial charge on any atom is -0.496 e. The van der Waals surface area contributed by atoms with Crippen LogP contribution >= 0.6 is 0 Å². The van der Waals surface area contributed by atoms with Crippen molar-refractivity contribution >= 4 is 21.6 Å². The van der Waals surface area contributed by atoms with Crippen LogP contribution in [0, 0.1) is 0 Å². The Labute approximate surface area is 183 Å². The van der Waals surface area contributed by atoms with Gasteiger partial charge in [-0.3, -0.25) is 9.10 Å². The highest BCUT2D eigenvalue weighted by Gasteiger charge is 2.30. The second kappa shape index (κ2) is 9.91. The lowest BCUT2D eigenvalue weighted by Gasteiger charge is -2.29. The Morgan fingerprint density at radius 2 is 1.87 bits per heavy atom. The molecule has 0 bridgehead atoms. The number of anilines is 1. The van der Waals surface area contributed by atoms with Gasteiger partial charge in [-0.15, -0.1) is 0 Å². The summed E-state index contributed by atoms with van der Waals surface area (Å²) < 4.78 is 42.5. The summed E-state index contributed by atoms with van der Waals surface area (Å²) >= 11 is 0. The van der Waals surface area contributed by atoms with Gasteiger partial charge in [-0.25, -0.2) is 8.42 Å². The molecular weight excluding hydrogens is 420 g/mol. The van der Waals surface area contributed by atoms with Crippen LogP contribution < -0.4 is 23.8 Å². The molecule has 31 heavy (non-hydrogen) atoms. The molecule has 0 saturated carbocycles. The average Bonchev–Trinajstić information content (AvgIpc) is 2.75. The van der Waals surface area contributed by atoms with E-state index in [9.17, 15) is 13.2 Å². The molecule has 1 amide bonds. The van der Waals surface area contributed by atoms with Crippen molar-refractivity contribution in [3.8, 4) is 17.2 Å². The van der Waals surface area contributed by atoms with Gasteiger partial charge >= 0.3 is 0 Å². The van der Waals surface area contributed by atoms with E-state index < -0.39 is 16.1 Å². The first-order valence-electron chi connectivity index (χ1n) is 10.1. The van der Waals surface area contributed by atoms with E-state index in [0.717, 1.165) is 28.3 Å². The number of methoxy groups -OCH3 is 1. The number of rotatable bonds is 9. The van der Waals surface area contributed by atoms with Gasteiger partial charge in [0.05, 0.1) is 19.1 Å². The van der Waals surface area contributed by atoms with E-state index in [-0.39, 0.29) is 5.91 Å². The van der Waals surface area contributed by atoms with Gasteiger partial charge in [0, 0.05) is 12.6 Å². The van der Waals surface area contributed by atoms with Crippen LogP contribution in [-0.4, -0.2) is 53.5 Å². The van der Waals surface area contributed by atoms with Crippen LogP contribution in [0.15, 0.2) is 42.5 Å². The normalized spacial score (nSPS) is 13.9. The van der Waals surface area contributed by atoms with E-state index >= 15 is 0 Å². The van der Waals surface area contributed by atoms with Crippen molar-refractivity contribution in [2.24, 2.45) is 0 Å². The summed E-state index contributed by atoms with van der Waals surface area (Å²) in [5.41, 5.74) is 1.41. The number of hydrogen-bond acceptors (Lipinski definition) is 6. The zero-order valence-corrected chi connectivity index (χ0v) is 18.8. The van der Waals surface area contributed by atoms with Crippen molar-refractivity contribution in [1.29, 1.82) is 0 Å². The number of benzene rings is 2. The minimum absolute atomic E-state index is 0.350. The molecule has 9 heteroatoms. The highest BCUT2D eigenvalue weighted by atomic mass is 32.2. The van der Waals surface area contributed by atoms with Gasteiger partial charge < -0.3 is 19.5 Å². The average molecular weight is 449 g/mol. The van der Waals surface area contributed by atoms with Crippen LogP contribution in [0.1, 0.15) is 18.9 Å². The molecule has 1 N–H and O–H groups in total. The molecule has 0 fully saturated rings. The van der Waals surface area contributed by atoms with Crippen molar-refractivity contribution in [2.75, 3.05) is 37.4 Å². The third-order valence-corrected chi connectivity index (χ3v) is 6.23. The Bertz CT molecular complexity index is 1020. The van der Waals surface area contributed by atoms with Gasteiger partial charge in [-0.05, 0) is 43.5 Å². The molecule has 2 aromatic rings. The summed E-state index contributed by atoms with van der Waals surface area (Å²) in [4.78, 5) is 12.7. The molecule has 3 rings (SSSR count). The van der Waals surface area contributed by atoms with Crippen LogP contribution in [-0.2, 0) is 21.2 Å². The number of fused-ring (bicyclic) bond motifs is 1. The molecule has 0 radical (unpaired) electrons. The van der Waals surface area contributed by atoms with Gasteiger partial charge in [0.2, 0.25) is 15.9 Å². The van der Waals surface area contributed by atoms with E-state index in [1.165, 1.54) is 0 Å². The van der Waals surface area contributed by atoms with Crippen LogP contribution in [0.3, 0.4) is 0 Å². The molecule has 1 aliphatic heterocycles. The SMILES string of the molecule is COc1ccccc1CCCNC(=O)C(C)N(c1ccc2c(c1)OCCO2)S(C)(=O)=O. The van der Waals surface area contributed by atoms with Gasteiger partial charge in [0.1, 0.15) is 25.0 Å². The van der Waals surface area contributed by atoms with E-state index in [1.807, 2.05) is 24.3 Å². The number of nitrogens with one attached hydrogen (secondary N) is 1. The summed E-state index contributed by atoms with van der Waals surface area (Å²) in [6.07, 6.45) is 2.51. The smallest absolute Gasteiger partial charge is 0.243 e. The summed E-state index contributed by atoms with van der Waals surface area (Å²) in [5, 5.41) is 2.83. The van der Waals surface area contributed by atoms with Gasteiger partial charge in [-0.2, -0.15) is 0 Å². The quantitative estimate of drug-likeness (QED) is 0.592. The predicted molar refractivity (Wildman–Crippen MR) is 119 cm³/mol. The lowest BCUT2D eigenvalue weighted by molar-refractivity contribution is -0.121. The van der Waals surface area contributed by atoms with Gasteiger partial charge in [-0.1, -0.05) is 18.2 Å². The fraction of sp³-hybridized carbons (Fsp3) is 0.409. The number of aryl methyl sites for hydroxylation is 1. The highest BCUT2D eigenvalue weighted by Crippen LogP contribution is 2.35. The Morgan fingerprint density at radius 3 is 2.58 bits per heavy atom. The van der Waals surface area contributed by atoms with Crippen molar-refractivity contribution in [2.45, 2.75) is 25.8 Å². The number of ether oxygens (including phenoxy) is 3. The second-order valence-corrected chi connectivity index (χ2v) is 9.13. The number of amides is 1. The predicted octanol–water partition coefficient (Wildman–Crippen LogP) is 2.37. The van der Waals surface area contributed by atoms with E-state index in [2.05, 4.69) is 5.32 Å². The highest BCUT2D eigenvalue weighted by molar-refractivity contribution is 7.92. The summed E-state index contributed by atoms with van der Waals surface area (Å²) in [5.74, 6) is 1.45. The third kappa shape index (κ3) is 5.61. The molecule has 8 nitrogen and oxygen atoms in total. The fourth-order valence-corrected chi connectivity index (χ4v) is 4.69. The number of para-hydroxylation sites is 1. The first kappa shape index (κ1) is 22.7. The lowest BCUT2D eigenvalue weighted by Crippen LogP contribution is -2.48. The topological polar surface area (TPSA) is 94.2 Å². The van der Waals surface area contributed by atoms with Crippen molar-refractivity contribution in [3.63, 3.8) is 0 Å². The molecule has 1 aliphatic rings. The number of carbonyl (C=O) groups is 1. The Hall–Kier alpha value is -2.94. The van der Waals surface area contributed by atoms with Gasteiger partial charge in [0.25, 0.3) is 0 Å². The van der Waals surface area contributed by atoms with Crippen molar-refractivity contribution in [1.82, 2.24) is 5.32 Å². The monoisotopic (exact) mass is 448 g/mol. The third-order valence-electron chi connectivity index (χ3n) is 4.98. The summed E-state index contributed by atoms with van der Waals surface area (Å²) in [6.45, 7) is 2.81. The lowest BCUT2D eigenvalue weighted by atomic mass is 10.1. The fourth-order valence-electron chi connectivity index (χ4n) is 3.53. The molecular formula is C22H28N2O6S. The number of sulfonamides is 1. The maximum Gasteiger partial charge on any atom is 0.243 e. The minimum atomic E-state index is -3.71. The van der Waals surface area contributed by atoms with Crippen molar-refractivity contribution < 1.29 is 27.4 Å². The first-order chi connectivity index (χ1) is 14.8. The summed E-state index contributed by atoms with van der Waals surface area (Å²) in [6, 6.07) is 11.6. The van der Waals surface area contributed by atoms with Crippen LogP contribution in [0.5, 0.6) is 17.2 Å². The van der Waals surface area contributed by atoms with E-state index in [0.29, 0.717) is 43.4 Å². The number of nitrogens with zero attached hydrogens (tertiary/aromatic N) is 1. The molecule has 1 unspecified atom stereocenters. The molecule has 0 aliphatic carbocycles. The maximum atomic E-state index is 12.7. The van der Waals surface area contributed by atoms with E-state index in [4.69, 9.17) is 14.2 Å². The van der Waals surface area contributed by atoms with E-state index in [1.54, 1.807) is 32.2 Å². The zero-order valence-electron chi connectivity index (χ0n) is 18.0. The van der Waals surface area contributed by atoms with Crippen molar-refractivity contribution in [3.05, 3.63) is 48.0 Å². The van der Waals surface area contributed by atoms with Gasteiger partial charge in [0.15, 0.2) is 11.5 Å². The zero-order chi connectivity index (χ0) is 22.4. The maximum absolute atomic E-state index is 12.7. The van der Waals surface area contributed by atoms with Crippen LogP contribution in [0.25, 0.3) is 0 Å². The number of hydrogen-bond donors (Lipinski definition) is 1. The second-order valence-electron chi connectivity index (χ2n) is 7.27. The molecule has 0 aromatic heterocycles. The molecule has 2 aromatic carbocycles. The largest absolute Gasteiger partial charge is 0.496 e. The molecule has 1 atom stereocenters. The van der Waals surface area contributed by atoms with Crippen LogP contribution in [0.2, 0.25) is 0 Å². The molecule has 1 heterocycles.